The first-order valence-corrected chi connectivity index (χ1v) is 7.94. The highest BCUT2D eigenvalue weighted by atomic mass is 35.5. The molecule has 2 aromatic carbocycles. The van der Waals surface area contributed by atoms with Crippen LogP contribution in [-0.2, 0) is 13.6 Å². The summed E-state index contributed by atoms with van der Waals surface area (Å²) in [5, 5.41) is 11.0. The van der Waals surface area contributed by atoms with Crippen LogP contribution in [0.1, 0.15) is 5.82 Å². The largest absolute Gasteiger partial charge is 0.491 e. The Morgan fingerprint density at radius 1 is 1.17 bits per heavy atom. The standard InChI is InChI=1S/C18H20ClN2O2/c1-13-20(2)17-5-3-4-6-18(17)21(13)11-15(22)12-23-16-9-7-14(19)8-10-16/h3-10,15,22H,11-12H2,1-2H3/q+1/t15-/m0/s1. The molecule has 3 rings (SSSR count). The topological polar surface area (TPSA) is 38.3 Å². The maximum absolute atomic E-state index is 10.3. The molecule has 0 spiro atoms. The number of aliphatic hydroxyl groups is 1. The van der Waals surface area contributed by atoms with Crippen LogP contribution in [0.15, 0.2) is 48.5 Å². The van der Waals surface area contributed by atoms with Gasteiger partial charge in [0.05, 0.1) is 7.05 Å². The van der Waals surface area contributed by atoms with Gasteiger partial charge in [-0.3, -0.25) is 0 Å². The third-order valence-corrected chi connectivity index (χ3v) is 4.31. The molecule has 0 bridgehead atoms. The van der Waals surface area contributed by atoms with Gasteiger partial charge in [0.2, 0.25) is 0 Å². The van der Waals surface area contributed by atoms with Crippen molar-refractivity contribution in [1.82, 2.24) is 4.57 Å². The summed E-state index contributed by atoms with van der Waals surface area (Å²) in [7, 11) is 2.03. The highest BCUT2D eigenvalue weighted by Gasteiger charge is 2.21. The highest BCUT2D eigenvalue weighted by molar-refractivity contribution is 6.30. The molecule has 0 radical (unpaired) electrons. The Kier molecular flexibility index (Phi) is 4.55. The fourth-order valence-electron chi connectivity index (χ4n) is 2.72. The van der Waals surface area contributed by atoms with Crippen LogP contribution in [0.25, 0.3) is 11.0 Å². The Hall–Kier alpha value is -2.04. The van der Waals surface area contributed by atoms with Crippen molar-refractivity contribution in [3.8, 4) is 5.75 Å². The molecule has 1 heterocycles. The van der Waals surface area contributed by atoms with E-state index < -0.39 is 6.10 Å². The van der Waals surface area contributed by atoms with Gasteiger partial charge >= 0.3 is 0 Å². The molecular weight excluding hydrogens is 312 g/mol. The minimum Gasteiger partial charge on any atom is -0.491 e. The lowest BCUT2D eigenvalue weighted by molar-refractivity contribution is -0.652. The van der Waals surface area contributed by atoms with E-state index >= 15 is 0 Å². The van der Waals surface area contributed by atoms with E-state index in [1.165, 1.54) is 0 Å². The minimum absolute atomic E-state index is 0.233. The number of halogens is 1. The summed E-state index contributed by atoms with van der Waals surface area (Å²) in [6.07, 6.45) is -0.597. The van der Waals surface area contributed by atoms with E-state index in [1.807, 2.05) is 26.1 Å². The first-order valence-electron chi connectivity index (χ1n) is 7.56. The fraction of sp³-hybridized carbons (Fsp3) is 0.278. The van der Waals surface area contributed by atoms with E-state index in [-0.39, 0.29) is 6.61 Å². The Labute approximate surface area is 140 Å². The maximum atomic E-state index is 10.3. The van der Waals surface area contributed by atoms with Gasteiger partial charge in [-0.15, -0.1) is 0 Å². The van der Waals surface area contributed by atoms with Gasteiger partial charge in [0.15, 0.2) is 11.0 Å². The van der Waals surface area contributed by atoms with Crippen LogP contribution in [0, 0.1) is 6.92 Å². The third-order valence-electron chi connectivity index (χ3n) is 4.06. The van der Waals surface area contributed by atoms with Crippen molar-refractivity contribution in [2.45, 2.75) is 19.6 Å². The van der Waals surface area contributed by atoms with Crippen molar-refractivity contribution in [3.05, 3.63) is 59.4 Å². The highest BCUT2D eigenvalue weighted by Crippen LogP contribution is 2.17. The molecule has 3 aromatic rings. The van der Waals surface area contributed by atoms with Crippen molar-refractivity contribution in [1.29, 1.82) is 0 Å². The number of nitrogens with zero attached hydrogens (tertiary/aromatic N) is 2. The lowest BCUT2D eigenvalue weighted by Crippen LogP contribution is -2.32. The van der Waals surface area contributed by atoms with Crippen LogP contribution in [0.5, 0.6) is 5.75 Å². The number of hydrogen-bond donors (Lipinski definition) is 1. The number of fused-ring (bicyclic) bond motifs is 1. The van der Waals surface area contributed by atoms with E-state index in [0.29, 0.717) is 17.3 Å². The molecule has 120 valence electrons. The molecule has 0 aliphatic heterocycles. The van der Waals surface area contributed by atoms with Crippen molar-refractivity contribution in [3.63, 3.8) is 0 Å². The summed E-state index contributed by atoms with van der Waals surface area (Å²) < 4.78 is 9.87. The van der Waals surface area contributed by atoms with E-state index in [4.69, 9.17) is 16.3 Å². The van der Waals surface area contributed by atoms with Gasteiger partial charge < -0.3 is 9.84 Å². The van der Waals surface area contributed by atoms with Gasteiger partial charge in [0.1, 0.15) is 25.0 Å². The van der Waals surface area contributed by atoms with E-state index in [9.17, 15) is 5.11 Å². The van der Waals surface area contributed by atoms with Crippen molar-refractivity contribution in [2.24, 2.45) is 7.05 Å². The molecule has 0 amide bonds. The maximum Gasteiger partial charge on any atom is 0.254 e. The van der Waals surface area contributed by atoms with Crippen LogP contribution in [-0.4, -0.2) is 22.4 Å². The monoisotopic (exact) mass is 331 g/mol. The number of ether oxygens (including phenoxy) is 1. The molecule has 23 heavy (non-hydrogen) atoms. The SMILES string of the molecule is Cc1n(C[C@H](O)COc2ccc(Cl)cc2)c2ccccc2[n+]1C. The summed E-state index contributed by atoms with van der Waals surface area (Å²) >= 11 is 5.85. The number of aliphatic hydroxyl groups excluding tert-OH is 1. The Bertz CT molecular complexity index is 812. The lowest BCUT2D eigenvalue weighted by Gasteiger charge is -2.11. The summed E-state index contributed by atoms with van der Waals surface area (Å²) in [6, 6.07) is 15.3. The summed E-state index contributed by atoms with van der Waals surface area (Å²) in [4.78, 5) is 0. The van der Waals surface area contributed by atoms with Crippen LogP contribution >= 0.6 is 11.6 Å². The number of para-hydroxylation sites is 2. The molecule has 0 aliphatic carbocycles. The number of hydrogen-bond acceptors (Lipinski definition) is 2. The number of aryl methyl sites for hydroxylation is 1. The molecule has 4 nitrogen and oxygen atoms in total. The third kappa shape index (κ3) is 3.33. The zero-order valence-electron chi connectivity index (χ0n) is 13.2. The molecule has 0 fully saturated rings. The molecule has 0 aliphatic rings. The average molecular weight is 332 g/mol. The minimum atomic E-state index is -0.597. The zero-order chi connectivity index (χ0) is 16.4. The Morgan fingerprint density at radius 2 is 1.87 bits per heavy atom. The number of rotatable bonds is 5. The Morgan fingerprint density at radius 3 is 2.61 bits per heavy atom. The molecular formula is C18H20ClN2O2+. The van der Waals surface area contributed by atoms with Gasteiger partial charge in [-0.2, -0.15) is 0 Å². The lowest BCUT2D eigenvalue weighted by atomic mass is 10.3. The molecule has 0 saturated carbocycles. The fourth-order valence-corrected chi connectivity index (χ4v) is 2.85. The van der Waals surface area contributed by atoms with E-state index in [2.05, 4.69) is 21.3 Å². The average Bonchev–Trinajstić information content (AvgIpc) is 2.80. The van der Waals surface area contributed by atoms with Gasteiger partial charge in [0.25, 0.3) is 5.82 Å². The molecule has 1 N–H and O–H groups in total. The summed E-state index contributed by atoms with van der Waals surface area (Å²) in [6.45, 7) is 2.77. The van der Waals surface area contributed by atoms with Gasteiger partial charge in [-0.1, -0.05) is 23.7 Å². The molecule has 0 unspecified atom stereocenters. The molecule has 0 saturated heterocycles. The number of benzene rings is 2. The van der Waals surface area contributed by atoms with Gasteiger partial charge in [-0.05, 0) is 36.4 Å². The van der Waals surface area contributed by atoms with Crippen molar-refractivity contribution >= 4 is 22.6 Å². The van der Waals surface area contributed by atoms with Gasteiger partial charge in [-0.25, -0.2) is 9.13 Å². The second kappa shape index (κ2) is 6.60. The van der Waals surface area contributed by atoms with E-state index in [1.54, 1.807) is 24.3 Å². The zero-order valence-corrected chi connectivity index (χ0v) is 14.0. The molecule has 5 heteroatoms. The number of aromatic nitrogens is 2. The second-order valence-corrected chi connectivity index (χ2v) is 6.06. The molecule has 1 atom stereocenters. The predicted octanol–water partition coefficient (Wildman–Crippen LogP) is 2.87. The van der Waals surface area contributed by atoms with Gasteiger partial charge in [0, 0.05) is 11.9 Å². The first kappa shape index (κ1) is 15.8. The second-order valence-electron chi connectivity index (χ2n) is 5.62. The smallest absolute Gasteiger partial charge is 0.254 e. The molecule has 1 aromatic heterocycles. The van der Waals surface area contributed by atoms with Crippen LogP contribution in [0.3, 0.4) is 0 Å². The van der Waals surface area contributed by atoms with E-state index in [0.717, 1.165) is 16.9 Å². The van der Waals surface area contributed by atoms with Crippen LogP contribution in [0.4, 0.5) is 0 Å². The number of imidazole rings is 1. The van der Waals surface area contributed by atoms with Crippen molar-refractivity contribution < 1.29 is 14.4 Å². The van der Waals surface area contributed by atoms with Crippen LogP contribution in [0.2, 0.25) is 5.02 Å². The normalized spacial score (nSPS) is 12.5. The summed E-state index contributed by atoms with van der Waals surface area (Å²) in [5.74, 6) is 1.80. The summed E-state index contributed by atoms with van der Waals surface area (Å²) in [5.41, 5.74) is 2.26. The van der Waals surface area contributed by atoms with Crippen LogP contribution < -0.4 is 9.30 Å². The predicted molar refractivity (Wildman–Crippen MR) is 90.8 cm³/mol. The quantitative estimate of drug-likeness (QED) is 0.730. The van der Waals surface area contributed by atoms with Crippen molar-refractivity contribution in [2.75, 3.05) is 6.61 Å². The Balaban J connectivity index is 1.72. The first-order chi connectivity index (χ1) is 11.1.